The predicted molar refractivity (Wildman–Crippen MR) is 92.6 cm³/mol. The third-order valence-electron chi connectivity index (χ3n) is 3.90. The van der Waals surface area contributed by atoms with Crippen molar-refractivity contribution in [1.82, 2.24) is 24.8 Å². The number of halogens is 3. The number of hydrogen-bond acceptors (Lipinski definition) is 5. The normalized spacial score (nSPS) is 11.7. The van der Waals surface area contributed by atoms with Crippen LogP contribution in [0.2, 0.25) is 0 Å². The van der Waals surface area contributed by atoms with Crippen LogP contribution < -0.4 is 5.32 Å². The fourth-order valence-electron chi connectivity index (χ4n) is 2.61. The number of alkyl halides is 3. The summed E-state index contributed by atoms with van der Waals surface area (Å²) in [6.07, 6.45) is -0.524. The second kappa shape index (κ2) is 6.67. The summed E-state index contributed by atoms with van der Waals surface area (Å²) >= 11 is 0. The molecule has 0 aliphatic rings. The average molecular weight is 370 g/mol. The number of fused-ring (bicyclic) bond motifs is 1. The molecule has 0 bridgehead atoms. The zero-order valence-corrected chi connectivity index (χ0v) is 13.9. The molecular weight excluding hydrogens is 357 g/mol. The van der Waals surface area contributed by atoms with E-state index in [1.807, 2.05) is 12.1 Å². The van der Waals surface area contributed by atoms with Crippen LogP contribution >= 0.6 is 0 Å². The highest BCUT2D eigenvalue weighted by molar-refractivity contribution is 5.58. The van der Waals surface area contributed by atoms with Gasteiger partial charge in [-0.05, 0) is 48.0 Å². The van der Waals surface area contributed by atoms with Crippen molar-refractivity contribution in [3.8, 4) is 0 Å². The zero-order chi connectivity index (χ0) is 18.9. The maximum atomic E-state index is 12.9. The molecule has 0 aliphatic carbocycles. The lowest BCUT2D eigenvalue weighted by Gasteiger charge is -2.10. The molecule has 0 unspecified atom stereocenters. The highest BCUT2D eigenvalue weighted by Gasteiger charge is 2.30. The predicted octanol–water partition coefficient (Wildman–Crippen LogP) is 3.87. The Morgan fingerprint density at radius 3 is 2.56 bits per heavy atom. The van der Waals surface area contributed by atoms with Crippen molar-refractivity contribution >= 4 is 17.2 Å². The van der Waals surface area contributed by atoms with Gasteiger partial charge < -0.3 is 5.32 Å². The minimum atomic E-state index is -4.40. The van der Waals surface area contributed by atoms with E-state index in [9.17, 15) is 13.2 Å². The van der Waals surface area contributed by atoms with E-state index in [4.69, 9.17) is 0 Å². The van der Waals surface area contributed by atoms with Crippen molar-refractivity contribution < 1.29 is 13.2 Å². The molecule has 27 heavy (non-hydrogen) atoms. The highest BCUT2D eigenvalue weighted by Crippen LogP contribution is 2.31. The lowest BCUT2D eigenvalue weighted by atomic mass is 10.2. The molecule has 0 saturated heterocycles. The first kappa shape index (κ1) is 17.0. The number of pyridine rings is 1. The number of aromatic nitrogens is 5. The average Bonchev–Trinajstić information content (AvgIpc) is 3.04. The van der Waals surface area contributed by atoms with E-state index in [0.717, 1.165) is 17.7 Å². The smallest absolute Gasteiger partial charge is 0.339 e. The number of benzene rings is 1. The minimum absolute atomic E-state index is 0.292. The van der Waals surface area contributed by atoms with Crippen LogP contribution in [0.5, 0.6) is 0 Å². The first-order valence-electron chi connectivity index (χ1n) is 8.03. The number of nitrogens with zero attached hydrogens (tertiary/aromatic N) is 5. The molecule has 0 amide bonds. The molecule has 4 aromatic rings. The third kappa shape index (κ3) is 3.71. The Kier molecular flexibility index (Phi) is 4.19. The largest absolute Gasteiger partial charge is 0.416 e. The van der Waals surface area contributed by atoms with E-state index in [1.54, 1.807) is 35.1 Å². The Morgan fingerprint density at radius 2 is 1.78 bits per heavy atom. The van der Waals surface area contributed by atoms with E-state index < -0.39 is 11.7 Å². The first-order chi connectivity index (χ1) is 13.0. The molecule has 0 radical (unpaired) electrons. The topological polar surface area (TPSA) is 68.0 Å². The summed E-state index contributed by atoms with van der Waals surface area (Å²) in [4.78, 5) is 3.97. The van der Waals surface area contributed by atoms with E-state index in [-0.39, 0.29) is 0 Å². The first-order valence-corrected chi connectivity index (χ1v) is 8.03. The van der Waals surface area contributed by atoms with E-state index >= 15 is 0 Å². The molecule has 4 rings (SSSR count). The van der Waals surface area contributed by atoms with Gasteiger partial charge in [0, 0.05) is 24.5 Å². The van der Waals surface area contributed by atoms with Gasteiger partial charge in [-0.1, -0.05) is 6.07 Å². The molecule has 1 aromatic carbocycles. The minimum Gasteiger partial charge on any atom is -0.339 e. The number of hydrogen-bond donors (Lipinski definition) is 1. The summed E-state index contributed by atoms with van der Waals surface area (Å²) in [7, 11) is 0. The van der Waals surface area contributed by atoms with E-state index in [1.165, 1.54) is 6.07 Å². The van der Waals surface area contributed by atoms with Crippen molar-refractivity contribution in [2.45, 2.75) is 12.6 Å². The molecule has 0 atom stereocenters. The van der Waals surface area contributed by atoms with Gasteiger partial charge in [-0.25, -0.2) is 0 Å². The maximum absolute atomic E-state index is 12.9. The molecular formula is C18H13F3N6. The molecule has 9 heteroatoms. The van der Waals surface area contributed by atoms with Gasteiger partial charge in [-0.15, -0.1) is 15.3 Å². The molecule has 0 saturated carbocycles. The summed E-state index contributed by atoms with van der Waals surface area (Å²) in [6.45, 7) is 0. The van der Waals surface area contributed by atoms with Crippen molar-refractivity contribution in [3.63, 3.8) is 0 Å². The Labute approximate surface area is 151 Å². The van der Waals surface area contributed by atoms with Crippen LogP contribution in [0.3, 0.4) is 0 Å². The second-order valence-corrected chi connectivity index (χ2v) is 5.84. The fraction of sp³-hybridized carbons (Fsp3) is 0.111. The molecule has 3 heterocycles. The Morgan fingerprint density at radius 1 is 0.963 bits per heavy atom. The van der Waals surface area contributed by atoms with Gasteiger partial charge in [-0.3, -0.25) is 4.98 Å². The highest BCUT2D eigenvalue weighted by atomic mass is 19.4. The van der Waals surface area contributed by atoms with Gasteiger partial charge >= 0.3 is 6.18 Å². The van der Waals surface area contributed by atoms with Gasteiger partial charge in [0.15, 0.2) is 17.3 Å². The quantitative estimate of drug-likeness (QED) is 0.591. The van der Waals surface area contributed by atoms with Crippen molar-refractivity contribution in [2.24, 2.45) is 0 Å². The van der Waals surface area contributed by atoms with Gasteiger partial charge in [0.05, 0.1) is 5.56 Å². The Bertz CT molecular complexity index is 1080. The summed E-state index contributed by atoms with van der Waals surface area (Å²) in [5, 5.41) is 15.5. The van der Waals surface area contributed by atoms with Crippen LogP contribution in [0.25, 0.3) is 5.65 Å². The number of anilines is 2. The van der Waals surface area contributed by atoms with E-state index in [2.05, 4.69) is 25.6 Å². The number of nitrogens with one attached hydrogen (secondary N) is 1. The van der Waals surface area contributed by atoms with Crippen LogP contribution in [0.15, 0.2) is 60.9 Å². The second-order valence-electron chi connectivity index (χ2n) is 5.84. The maximum Gasteiger partial charge on any atom is 0.416 e. The van der Waals surface area contributed by atoms with Crippen LogP contribution in [0.4, 0.5) is 24.7 Å². The van der Waals surface area contributed by atoms with Gasteiger partial charge in [0.25, 0.3) is 0 Å². The molecule has 1 N–H and O–H groups in total. The van der Waals surface area contributed by atoms with Gasteiger partial charge in [0.1, 0.15) is 0 Å². The number of rotatable bonds is 4. The summed E-state index contributed by atoms with van der Waals surface area (Å²) in [5.74, 6) is 1.00. The van der Waals surface area contributed by atoms with Gasteiger partial charge in [-0.2, -0.15) is 17.7 Å². The molecule has 6 nitrogen and oxygen atoms in total. The molecule has 0 spiro atoms. The molecule has 136 valence electrons. The third-order valence-corrected chi connectivity index (χ3v) is 3.90. The van der Waals surface area contributed by atoms with Gasteiger partial charge in [0.2, 0.25) is 0 Å². The lowest BCUT2D eigenvalue weighted by Crippen LogP contribution is -2.06. The van der Waals surface area contributed by atoms with Crippen molar-refractivity contribution in [2.75, 3.05) is 5.32 Å². The fourth-order valence-corrected chi connectivity index (χ4v) is 2.61. The lowest BCUT2D eigenvalue weighted by molar-refractivity contribution is -0.137. The standard InChI is InChI=1S/C18H13F3N6/c19-18(20,21)13-2-1-3-14(11-13)23-15-4-5-16-24-25-17(27(16)26-15)10-12-6-8-22-9-7-12/h1-9,11H,10H2,(H,23,26). The van der Waals surface area contributed by atoms with E-state index in [0.29, 0.717) is 29.4 Å². The Hall–Kier alpha value is -3.49. The zero-order valence-electron chi connectivity index (χ0n) is 13.9. The summed E-state index contributed by atoms with van der Waals surface area (Å²) in [5.41, 5.74) is 1.11. The summed E-state index contributed by atoms with van der Waals surface area (Å²) < 4.78 is 40.2. The van der Waals surface area contributed by atoms with Crippen LogP contribution in [-0.2, 0) is 12.6 Å². The molecule has 3 aromatic heterocycles. The molecule has 0 aliphatic heterocycles. The van der Waals surface area contributed by atoms with Crippen LogP contribution in [0.1, 0.15) is 17.0 Å². The molecule has 0 fully saturated rings. The SMILES string of the molecule is FC(F)(F)c1cccc(Nc2ccc3nnc(Cc4ccncc4)n3n2)c1. The Balaban J connectivity index is 1.63. The summed E-state index contributed by atoms with van der Waals surface area (Å²) in [6, 6.07) is 12.0. The monoisotopic (exact) mass is 370 g/mol. The van der Waals surface area contributed by atoms with Crippen LogP contribution in [0, 0.1) is 0 Å². The van der Waals surface area contributed by atoms with Crippen molar-refractivity contribution in [3.05, 3.63) is 77.9 Å². The van der Waals surface area contributed by atoms with Crippen molar-refractivity contribution in [1.29, 1.82) is 0 Å². The van der Waals surface area contributed by atoms with Crippen LogP contribution in [-0.4, -0.2) is 24.8 Å².